The summed E-state index contributed by atoms with van der Waals surface area (Å²) < 4.78 is 0. The number of carboxylic acids is 1. The zero-order valence-corrected chi connectivity index (χ0v) is 4.07. The maximum atomic E-state index is 9.69. The van der Waals surface area contributed by atoms with E-state index in [4.69, 9.17) is 10.9 Å². The molecule has 46 valence electrons. The minimum atomic E-state index is -1.13. The van der Waals surface area contributed by atoms with Crippen LogP contribution in [0.15, 0.2) is 0 Å². The Bertz CT molecular complexity index is 103. The summed E-state index contributed by atoms with van der Waals surface area (Å²) in [4.78, 5) is 19.3. The smallest absolute Gasteiger partial charge is 0.324 e. The highest BCUT2D eigenvalue weighted by molar-refractivity contribution is 5.71. The lowest BCUT2D eigenvalue weighted by Gasteiger charge is -2.03. The molecule has 0 aromatic heterocycles. The molecule has 0 atom stereocenters. The zero-order chi connectivity index (χ0) is 6.57. The van der Waals surface area contributed by atoms with Gasteiger partial charge in [-0.1, -0.05) is 0 Å². The predicted octanol–water partition coefficient (Wildman–Crippen LogP) is -1.60. The zero-order valence-electron chi connectivity index (χ0n) is 4.07. The lowest BCUT2D eigenvalue weighted by molar-refractivity contribution is -0.140. The second-order valence-corrected chi connectivity index (χ2v) is 1.17. The van der Waals surface area contributed by atoms with Crippen LogP contribution in [-0.2, 0) is 9.59 Å². The summed E-state index contributed by atoms with van der Waals surface area (Å²) in [5, 5.41) is 8.48. The van der Waals surface area contributed by atoms with Crippen LogP contribution in [0.2, 0.25) is 0 Å². The Labute approximate surface area is 45.7 Å². The van der Waals surface area contributed by atoms with Crippen LogP contribution in [-0.4, -0.2) is 29.0 Å². The van der Waals surface area contributed by atoms with Crippen LogP contribution in [0, 0.1) is 0 Å². The SMILES string of the molecule is NN(C=O)CC(=O)O. The van der Waals surface area contributed by atoms with Crippen molar-refractivity contribution in [2.75, 3.05) is 6.54 Å². The number of carbonyl (C=O) groups is 2. The summed E-state index contributed by atoms with van der Waals surface area (Å²) in [5.74, 6) is 3.63. The second-order valence-electron chi connectivity index (χ2n) is 1.17. The number of nitrogens with zero attached hydrogens (tertiary/aromatic N) is 1. The highest BCUT2D eigenvalue weighted by atomic mass is 16.4. The predicted molar refractivity (Wildman–Crippen MR) is 24.6 cm³/mol. The number of carbonyl (C=O) groups excluding carboxylic acids is 1. The quantitative estimate of drug-likeness (QED) is 0.202. The fourth-order valence-corrected chi connectivity index (χ4v) is 0.193. The molecule has 0 fully saturated rings. The van der Waals surface area contributed by atoms with Crippen LogP contribution < -0.4 is 5.84 Å². The average Bonchev–Trinajstić information content (AvgIpc) is 1.65. The van der Waals surface area contributed by atoms with Crippen LogP contribution in [0.4, 0.5) is 0 Å². The minimum Gasteiger partial charge on any atom is -0.480 e. The van der Waals surface area contributed by atoms with Gasteiger partial charge in [-0.3, -0.25) is 14.6 Å². The molecule has 0 heterocycles. The van der Waals surface area contributed by atoms with E-state index in [1.54, 1.807) is 0 Å². The van der Waals surface area contributed by atoms with E-state index >= 15 is 0 Å². The van der Waals surface area contributed by atoms with Gasteiger partial charge in [0.15, 0.2) is 0 Å². The first kappa shape index (κ1) is 6.90. The molecule has 5 heteroatoms. The van der Waals surface area contributed by atoms with Gasteiger partial charge in [-0.15, -0.1) is 0 Å². The van der Waals surface area contributed by atoms with Gasteiger partial charge < -0.3 is 5.11 Å². The molecule has 0 saturated heterocycles. The number of hydrazine groups is 1. The van der Waals surface area contributed by atoms with Crippen molar-refractivity contribution in [3.8, 4) is 0 Å². The Morgan fingerprint density at radius 2 is 2.38 bits per heavy atom. The van der Waals surface area contributed by atoms with Crippen LogP contribution in [0.25, 0.3) is 0 Å². The summed E-state index contributed by atoms with van der Waals surface area (Å²) in [5.41, 5.74) is 0. The van der Waals surface area contributed by atoms with Crippen molar-refractivity contribution in [2.24, 2.45) is 5.84 Å². The van der Waals surface area contributed by atoms with Crippen molar-refractivity contribution in [1.29, 1.82) is 0 Å². The molecule has 0 unspecified atom stereocenters. The number of carboxylic acid groups (broad SMARTS) is 1. The third-order valence-electron chi connectivity index (χ3n) is 0.453. The molecule has 0 rings (SSSR count). The van der Waals surface area contributed by atoms with Gasteiger partial charge in [0.05, 0.1) is 0 Å². The molecule has 0 saturated carbocycles. The Morgan fingerprint density at radius 3 is 2.50 bits per heavy atom. The van der Waals surface area contributed by atoms with Crippen molar-refractivity contribution in [2.45, 2.75) is 0 Å². The van der Waals surface area contributed by atoms with E-state index in [1.165, 1.54) is 0 Å². The van der Waals surface area contributed by atoms with Gasteiger partial charge in [0.2, 0.25) is 6.41 Å². The number of aliphatic carboxylic acids is 1. The molecule has 0 radical (unpaired) electrons. The van der Waals surface area contributed by atoms with E-state index in [0.717, 1.165) is 0 Å². The topological polar surface area (TPSA) is 83.6 Å². The second kappa shape index (κ2) is 2.98. The molecule has 0 bridgehead atoms. The fraction of sp³-hybridized carbons (Fsp3) is 0.333. The van der Waals surface area contributed by atoms with Crippen molar-refractivity contribution in [3.63, 3.8) is 0 Å². The van der Waals surface area contributed by atoms with Crippen molar-refractivity contribution >= 4 is 12.4 Å². The summed E-state index contributed by atoms with van der Waals surface area (Å²) >= 11 is 0. The van der Waals surface area contributed by atoms with Gasteiger partial charge in [0.1, 0.15) is 6.54 Å². The fourth-order valence-electron chi connectivity index (χ4n) is 0.193. The molecule has 0 aliphatic carbocycles. The molecule has 0 spiro atoms. The highest BCUT2D eigenvalue weighted by Gasteiger charge is 1.98. The summed E-state index contributed by atoms with van der Waals surface area (Å²) in [6.45, 7) is -0.455. The average molecular weight is 118 g/mol. The lowest BCUT2D eigenvalue weighted by atomic mass is 10.6. The first-order valence-electron chi connectivity index (χ1n) is 1.85. The maximum Gasteiger partial charge on any atom is 0.324 e. The van der Waals surface area contributed by atoms with Crippen molar-refractivity contribution in [3.05, 3.63) is 0 Å². The van der Waals surface area contributed by atoms with Gasteiger partial charge in [-0.2, -0.15) is 0 Å². The minimum absolute atomic E-state index is 0.244. The standard InChI is InChI=1S/C3H6N2O3/c4-5(2-6)1-3(7)8/h2H,1,4H2,(H,7,8). The molecule has 0 aromatic carbocycles. The summed E-state index contributed by atoms with van der Waals surface area (Å²) in [6.07, 6.45) is 0.244. The van der Waals surface area contributed by atoms with Gasteiger partial charge in [0.25, 0.3) is 0 Å². The van der Waals surface area contributed by atoms with Crippen molar-refractivity contribution in [1.82, 2.24) is 5.01 Å². The Balaban J connectivity index is 3.38. The Hall–Kier alpha value is -1.10. The summed E-state index contributed by atoms with van der Waals surface area (Å²) in [7, 11) is 0. The molecular weight excluding hydrogens is 112 g/mol. The molecule has 5 nitrogen and oxygen atoms in total. The molecule has 1 amide bonds. The molecule has 3 N–H and O–H groups in total. The normalized spacial score (nSPS) is 8.12. The van der Waals surface area contributed by atoms with Crippen molar-refractivity contribution < 1.29 is 14.7 Å². The van der Waals surface area contributed by atoms with Crippen LogP contribution in [0.3, 0.4) is 0 Å². The van der Waals surface area contributed by atoms with E-state index in [9.17, 15) is 9.59 Å². The van der Waals surface area contributed by atoms with Crippen LogP contribution >= 0.6 is 0 Å². The third-order valence-corrected chi connectivity index (χ3v) is 0.453. The largest absolute Gasteiger partial charge is 0.480 e. The maximum absolute atomic E-state index is 9.69. The van der Waals surface area contributed by atoms with E-state index in [-0.39, 0.29) is 6.41 Å². The monoisotopic (exact) mass is 118 g/mol. The summed E-state index contributed by atoms with van der Waals surface area (Å²) in [6, 6.07) is 0. The van der Waals surface area contributed by atoms with Crippen LogP contribution in [0.5, 0.6) is 0 Å². The van der Waals surface area contributed by atoms with Gasteiger partial charge in [-0.25, -0.2) is 5.84 Å². The number of hydrogen-bond acceptors (Lipinski definition) is 3. The van der Waals surface area contributed by atoms with Gasteiger partial charge in [-0.05, 0) is 0 Å². The molecule has 0 aromatic rings. The molecule has 0 aliphatic heterocycles. The highest BCUT2D eigenvalue weighted by Crippen LogP contribution is 1.66. The molecular formula is C3H6N2O3. The van der Waals surface area contributed by atoms with E-state index < -0.39 is 12.5 Å². The first-order valence-corrected chi connectivity index (χ1v) is 1.85. The number of nitrogens with two attached hydrogens (primary N) is 1. The third kappa shape index (κ3) is 3.10. The number of hydrogen-bond donors (Lipinski definition) is 2. The van der Waals surface area contributed by atoms with E-state index in [2.05, 4.69) is 0 Å². The van der Waals surface area contributed by atoms with E-state index in [1.807, 2.05) is 0 Å². The molecule has 8 heavy (non-hydrogen) atoms. The number of amides is 1. The van der Waals surface area contributed by atoms with Crippen LogP contribution in [0.1, 0.15) is 0 Å². The Kier molecular flexibility index (Phi) is 2.57. The van der Waals surface area contributed by atoms with Gasteiger partial charge >= 0.3 is 5.97 Å². The van der Waals surface area contributed by atoms with E-state index in [0.29, 0.717) is 5.01 Å². The Morgan fingerprint density at radius 1 is 1.88 bits per heavy atom. The number of rotatable bonds is 3. The molecule has 0 aliphatic rings. The van der Waals surface area contributed by atoms with Gasteiger partial charge in [0, 0.05) is 0 Å². The first-order chi connectivity index (χ1) is 3.66. The lowest BCUT2D eigenvalue weighted by Crippen LogP contribution is -2.34.